The van der Waals surface area contributed by atoms with Gasteiger partial charge in [0.05, 0.1) is 13.7 Å². The van der Waals surface area contributed by atoms with Gasteiger partial charge in [-0.25, -0.2) is 4.98 Å². The van der Waals surface area contributed by atoms with Crippen molar-refractivity contribution in [1.29, 1.82) is 0 Å². The van der Waals surface area contributed by atoms with E-state index >= 15 is 0 Å². The van der Waals surface area contributed by atoms with Crippen molar-refractivity contribution in [3.8, 4) is 22.1 Å². The van der Waals surface area contributed by atoms with Crippen molar-refractivity contribution in [2.24, 2.45) is 0 Å². The number of carbonyl (C=O) groups excluding carboxylic acids is 1. The first-order valence-electron chi connectivity index (χ1n) is 7.67. The minimum absolute atomic E-state index is 0.218. The van der Waals surface area contributed by atoms with Crippen LogP contribution in [-0.4, -0.2) is 36.1 Å². The number of carbonyl (C=O) groups is 1. The summed E-state index contributed by atoms with van der Waals surface area (Å²) >= 11 is 1.42. The van der Waals surface area contributed by atoms with E-state index in [1.54, 1.807) is 24.9 Å². The van der Waals surface area contributed by atoms with Gasteiger partial charge in [0.15, 0.2) is 0 Å². The topological polar surface area (TPSA) is 73.3 Å². The zero-order valence-electron chi connectivity index (χ0n) is 13.6. The molecule has 6 nitrogen and oxygen atoms in total. The van der Waals surface area contributed by atoms with Crippen LogP contribution in [0.25, 0.3) is 10.6 Å². The second kappa shape index (κ2) is 8.25. The quantitative estimate of drug-likeness (QED) is 0.660. The first-order chi connectivity index (χ1) is 12.3. The number of thiazole rings is 1. The summed E-state index contributed by atoms with van der Waals surface area (Å²) in [6.45, 7) is 0.766. The lowest BCUT2D eigenvalue weighted by molar-refractivity contribution is 0.0943. The van der Waals surface area contributed by atoms with E-state index in [-0.39, 0.29) is 5.91 Å². The van der Waals surface area contributed by atoms with E-state index in [2.05, 4.69) is 15.3 Å². The molecule has 1 N–H and O–H groups in total. The van der Waals surface area contributed by atoms with Crippen LogP contribution in [0.3, 0.4) is 0 Å². The molecule has 0 aliphatic heterocycles. The number of rotatable bonds is 7. The summed E-state index contributed by atoms with van der Waals surface area (Å²) < 4.78 is 10.7. The predicted octanol–water partition coefficient (Wildman–Crippen LogP) is 3.02. The third-order valence-corrected chi connectivity index (χ3v) is 4.25. The van der Waals surface area contributed by atoms with E-state index in [0.717, 1.165) is 22.1 Å². The van der Waals surface area contributed by atoms with Crippen molar-refractivity contribution in [1.82, 2.24) is 15.3 Å². The van der Waals surface area contributed by atoms with E-state index in [0.29, 0.717) is 18.8 Å². The molecule has 25 heavy (non-hydrogen) atoms. The summed E-state index contributed by atoms with van der Waals surface area (Å²) in [6, 6.07) is 11.0. The molecule has 2 aromatic heterocycles. The maximum Gasteiger partial charge on any atom is 0.270 e. The Morgan fingerprint density at radius 1 is 1.20 bits per heavy atom. The van der Waals surface area contributed by atoms with Crippen LogP contribution in [0.4, 0.5) is 0 Å². The Balaban J connectivity index is 1.47. The van der Waals surface area contributed by atoms with Crippen LogP contribution in [0, 0.1) is 0 Å². The number of aromatic nitrogens is 2. The van der Waals surface area contributed by atoms with Gasteiger partial charge in [-0.2, -0.15) is 0 Å². The molecule has 2 heterocycles. The average molecular weight is 355 g/mol. The fourth-order valence-corrected chi connectivity index (χ4v) is 2.89. The van der Waals surface area contributed by atoms with E-state index in [4.69, 9.17) is 9.47 Å². The zero-order valence-corrected chi connectivity index (χ0v) is 14.5. The molecule has 0 radical (unpaired) electrons. The van der Waals surface area contributed by atoms with Crippen molar-refractivity contribution in [3.63, 3.8) is 0 Å². The molecule has 0 aliphatic rings. The van der Waals surface area contributed by atoms with Gasteiger partial charge >= 0.3 is 0 Å². The highest BCUT2D eigenvalue weighted by Gasteiger charge is 2.11. The minimum atomic E-state index is -0.218. The monoisotopic (exact) mass is 355 g/mol. The van der Waals surface area contributed by atoms with Gasteiger partial charge in [-0.3, -0.25) is 9.78 Å². The van der Waals surface area contributed by atoms with E-state index in [1.807, 2.05) is 36.4 Å². The lowest BCUT2D eigenvalue weighted by atomic mass is 10.3. The van der Waals surface area contributed by atoms with Crippen molar-refractivity contribution >= 4 is 17.2 Å². The first-order valence-corrected chi connectivity index (χ1v) is 8.55. The lowest BCUT2D eigenvalue weighted by Gasteiger charge is -2.07. The summed E-state index contributed by atoms with van der Waals surface area (Å²) in [7, 11) is 1.61. The summed E-state index contributed by atoms with van der Waals surface area (Å²) in [4.78, 5) is 20.5. The molecule has 0 bridgehead atoms. The highest BCUT2D eigenvalue weighted by molar-refractivity contribution is 7.13. The normalized spacial score (nSPS) is 10.3. The van der Waals surface area contributed by atoms with Gasteiger partial charge in [0, 0.05) is 23.3 Å². The molecular formula is C18H17N3O3S. The van der Waals surface area contributed by atoms with Crippen molar-refractivity contribution in [2.75, 3.05) is 20.3 Å². The van der Waals surface area contributed by atoms with E-state index in [9.17, 15) is 4.79 Å². The summed E-state index contributed by atoms with van der Waals surface area (Å²) in [5.74, 6) is 1.28. The molecule has 1 aromatic carbocycles. The second-order valence-corrected chi connectivity index (χ2v) is 5.92. The van der Waals surface area contributed by atoms with Gasteiger partial charge in [-0.15, -0.1) is 11.3 Å². The van der Waals surface area contributed by atoms with Crippen LogP contribution < -0.4 is 14.8 Å². The maximum atomic E-state index is 12.1. The second-order valence-electron chi connectivity index (χ2n) is 5.06. The van der Waals surface area contributed by atoms with Gasteiger partial charge in [-0.1, -0.05) is 0 Å². The SMILES string of the molecule is COc1ccc(OCCNC(=O)c2csc(-c3cccnc3)n2)cc1. The van der Waals surface area contributed by atoms with Crippen molar-refractivity contribution < 1.29 is 14.3 Å². The van der Waals surface area contributed by atoms with Crippen LogP contribution in [-0.2, 0) is 0 Å². The number of pyridine rings is 1. The van der Waals surface area contributed by atoms with Gasteiger partial charge < -0.3 is 14.8 Å². The number of amides is 1. The number of nitrogens with zero attached hydrogens (tertiary/aromatic N) is 2. The number of hydrogen-bond donors (Lipinski definition) is 1. The summed E-state index contributed by atoms with van der Waals surface area (Å²) in [5, 5.41) is 5.31. The number of hydrogen-bond acceptors (Lipinski definition) is 6. The molecule has 128 valence electrons. The van der Waals surface area contributed by atoms with Gasteiger partial charge in [0.2, 0.25) is 0 Å². The third kappa shape index (κ3) is 4.54. The highest BCUT2D eigenvalue weighted by atomic mass is 32.1. The Morgan fingerprint density at radius 2 is 2.00 bits per heavy atom. The highest BCUT2D eigenvalue weighted by Crippen LogP contribution is 2.22. The molecule has 0 unspecified atom stereocenters. The van der Waals surface area contributed by atoms with Crippen LogP contribution in [0.5, 0.6) is 11.5 Å². The average Bonchev–Trinajstić information content (AvgIpc) is 3.16. The molecule has 0 atom stereocenters. The first kappa shape index (κ1) is 16.9. The Hall–Kier alpha value is -2.93. The molecular weight excluding hydrogens is 338 g/mol. The summed E-state index contributed by atoms with van der Waals surface area (Å²) in [5.41, 5.74) is 1.29. The summed E-state index contributed by atoms with van der Waals surface area (Å²) in [6.07, 6.45) is 3.43. The van der Waals surface area contributed by atoms with Gasteiger partial charge in [0.25, 0.3) is 5.91 Å². The molecule has 0 spiro atoms. The maximum absolute atomic E-state index is 12.1. The lowest BCUT2D eigenvalue weighted by Crippen LogP contribution is -2.28. The third-order valence-electron chi connectivity index (χ3n) is 3.36. The Labute approximate surface area is 149 Å². The van der Waals surface area contributed by atoms with Crippen LogP contribution in [0.15, 0.2) is 54.2 Å². The van der Waals surface area contributed by atoms with Crippen molar-refractivity contribution in [2.45, 2.75) is 0 Å². The number of methoxy groups -OCH3 is 1. The van der Waals surface area contributed by atoms with Gasteiger partial charge in [0.1, 0.15) is 28.8 Å². The molecule has 0 saturated heterocycles. The fraction of sp³-hybridized carbons (Fsp3) is 0.167. The number of nitrogens with one attached hydrogen (secondary N) is 1. The van der Waals surface area contributed by atoms with E-state index < -0.39 is 0 Å². The van der Waals surface area contributed by atoms with Crippen molar-refractivity contribution in [3.05, 3.63) is 59.9 Å². The number of ether oxygens (including phenoxy) is 2. The minimum Gasteiger partial charge on any atom is -0.497 e. The predicted molar refractivity (Wildman–Crippen MR) is 96.2 cm³/mol. The number of benzene rings is 1. The molecule has 1 amide bonds. The zero-order chi connectivity index (χ0) is 17.5. The molecule has 3 rings (SSSR count). The Kier molecular flexibility index (Phi) is 5.58. The van der Waals surface area contributed by atoms with Gasteiger partial charge in [-0.05, 0) is 36.4 Å². The van der Waals surface area contributed by atoms with Crippen LogP contribution >= 0.6 is 11.3 Å². The van der Waals surface area contributed by atoms with Crippen LogP contribution in [0.1, 0.15) is 10.5 Å². The molecule has 3 aromatic rings. The largest absolute Gasteiger partial charge is 0.497 e. The van der Waals surface area contributed by atoms with Crippen LogP contribution in [0.2, 0.25) is 0 Å². The standard InChI is InChI=1S/C18H17N3O3S/c1-23-14-4-6-15(7-5-14)24-10-9-20-17(22)16-12-25-18(21-16)13-3-2-8-19-11-13/h2-8,11-12H,9-10H2,1H3,(H,20,22). The van der Waals surface area contributed by atoms with E-state index in [1.165, 1.54) is 11.3 Å². The Morgan fingerprint density at radius 3 is 2.72 bits per heavy atom. The molecule has 0 saturated carbocycles. The smallest absolute Gasteiger partial charge is 0.270 e. The molecule has 0 fully saturated rings. The fourth-order valence-electron chi connectivity index (χ4n) is 2.10. The molecule has 7 heteroatoms. The Bertz CT molecular complexity index is 819. The molecule has 0 aliphatic carbocycles.